The second-order valence-corrected chi connectivity index (χ2v) is 4.87. The minimum atomic E-state index is -0.289. The Kier molecular flexibility index (Phi) is 3.67. The molecule has 1 aromatic carbocycles. The molecule has 3 nitrogen and oxygen atoms in total. The molecule has 0 spiro atoms. The van der Waals surface area contributed by atoms with Crippen LogP contribution in [0, 0.1) is 5.92 Å². The molecule has 0 unspecified atom stereocenters. The van der Waals surface area contributed by atoms with Crippen molar-refractivity contribution in [3.05, 3.63) is 29.8 Å². The highest BCUT2D eigenvalue weighted by atomic mass is 16.5. The topological polar surface area (TPSA) is 52.3 Å². The number of nitrogens with two attached hydrogens (primary N) is 1. The van der Waals surface area contributed by atoms with Crippen LogP contribution in [0.2, 0.25) is 0 Å². The van der Waals surface area contributed by atoms with Crippen LogP contribution in [0.15, 0.2) is 24.3 Å². The first-order valence-corrected chi connectivity index (χ1v) is 6.22. The fourth-order valence-corrected chi connectivity index (χ4v) is 2.25. The smallest absolute Gasteiger partial charge is 0.340 e. The molecule has 1 aliphatic carbocycles. The van der Waals surface area contributed by atoms with Gasteiger partial charge in [-0.3, -0.25) is 0 Å². The number of ether oxygens (including phenoxy) is 1. The molecule has 0 amide bonds. The molecule has 0 heterocycles. The van der Waals surface area contributed by atoms with Gasteiger partial charge in [0, 0.05) is 5.69 Å². The minimum absolute atomic E-state index is 0.0679. The summed E-state index contributed by atoms with van der Waals surface area (Å²) in [5.41, 5.74) is 6.71. The summed E-state index contributed by atoms with van der Waals surface area (Å²) in [6, 6.07) is 7.05. The van der Waals surface area contributed by atoms with Crippen LogP contribution in [0.3, 0.4) is 0 Å². The van der Waals surface area contributed by atoms with E-state index in [1.165, 1.54) is 0 Å². The summed E-state index contributed by atoms with van der Waals surface area (Å²) in [6.07, 6.45) is 4.29. The number of esters is 1. The predicted octanol–water partition coefficient (Wildman–Crippen LogP) is 3.00. The Balaban J connectivity index is 1.96. The van der Waals surface area contributed by atoms with Crippen LogP contribution in [0.1, 0.15) is 43.0 Å². The zero-order chi connectivity index (χ0) is 12.3. The molecule has 0 radical (unpaired) electrons. The van der Waals surface area contributed by atoms with Gasteiger partial charge in [-0.25, -0.2) is 4.79 Å². The third kappa shape index (κ3) is 2.99. The van der Waals surface area contributed by atoms with Crippen molar-refractivity contribution in [2.75, 3.05) is 5.73 Å². The number of anilines is 1. The van der Waals surface area contributed by atoms with E-state index in [1.54, 1.807) is 18.2 Å². The predicted molar refractivity (Wildman–Crippen MR) is 67.7 cm³/mol. The Bertz CT molecular complexity index is 395. The van der Waals surface area contributed by atoms with Crippen molar-refractivity contribution >= 4 is 11.7 Å². The van der Waals surface area contributed by atoms with Crippen molar-refractivity contribution in [2.45, 2.75) is 38.7 Å². The first-order chi connectivity index (χ1) is 8.16. The summed E-state index contributed by atoms with van der Waals surface area (Å²) in [7, 11) is 0. The molecular weight excluding hydrogens is 214 g/mol. The highest BCUT2D eigenvalue weighted by molar-refractivity contribution is 5.95. The van der Waals surface area contributed by atoms with E-state index in [0.717, 1.165) is 31.6 Å². The van der Waals surface area contributed by atoms with Crippen molar-refractivity contribution in [3.8, 4) is 0 Å². The second-order valence-electron chi connectivity index (χ2n) is 4.87. The van der Waals surface area contributed by atoms with Crippen LogP contribution in [-0.4, -0.2) is 12.1 Å². The Morgan fingerprint density at radius 1 is 1.24 bits per heavy atom. The highest BCUT2D eigenvalue weighted by Gasteiger charge is 2.22. The van der Waals surface area contributed by atoms with Gasteiger partial charge in [0.25, 0.3) is 0 Å². The first kappa shape index (κ1) is 12.0. The summed E-state index contributed by atoms with van der Waals surface area (Å²) in [5.74, 6) is 0.467. The Morgan fingerprint density at radius 2 is 1.88 bits per heavy atom. The van der Waals surface area contributed by atoms with E-state index in [1.807, 2.05) is 6.07 Å². The normalized spacial score (nSPS) is 24.3. The lowest BCUT2D eigenvalue weighted by molar-refractivity contribution is 0.0175. The molecule has 1 saturated carbocycles. The number of nitrogen functional groups attached to an aromatic ring is 1. The quantitative estimate of drug-likeness (QED) is 0.631. The lowest BCUT2D eigenvalue weighted by Crippen LogP contribution is -2.24. The molecule has 0 aromatic heterocycles. The highest BCUT2D eigenvalue weighted by Crippen LogP contribution is 2.26. The molecular formula is C14H19NO2. The van der Waals surface area contributed by atoms with Crippen molar-refractivity contribution in [1.82, 2.24) is 0 Å². The van der Waals surface area contributed by atoms with E-state index in [9.17, 15) is 4.79 Å². The molecule has 2 N–H and O–H groups in total. The molecule has 0 bridgehead atoms. The van der Waals surface area contributed by atoms with Crippen LogP contribution < -0.4 is 5.73 Å². The lowest BCUT2D eigenvalue weighted by atomic mass is 9.89. The zero-order valence-corrected chi connectivity index (χ0v) is 10.2. The van der Waals surface area contributed by atoms with Crippen LogP contribution >= 0.6 is 0 Å². The summed E-state index contributed by atoms with van der Waals surface area (Å²) in [6.45, 7) is 2.24. The third-order valence-corrected chi connectivity index (χ3v) is 3.42. The van der Waals surface area contributed by atoms with Crippen LogP contribution in [0.5, 0.6) is 0 Å². The maximum absolute atomic E-state index is 11.9. The van der Waals surface area contributed by atoms with Gasteiger partial charge in [0.1, 0.15) is 6.10 Å². The summed E-state index contributed by atoms with van der Waals surface area (Å²) < 4.78 is 5.49. The van der Waals surface area contributed by atoms with E-state index >= 15 is 0 Å². The van der Waals surface area contributed by atoms with Gasteiger partial charge in [-0.15, -0.1) is 0 Å². The van der Waals surface area contributed by atoms with E-state index in [2.05, 4.69) is 6.92 Å². The van der Waals surface area contributed by atoms with Gasteiger partial charge in [-0.1, -0.05) is 19.1 Å². The lowest BCUT2D eigenvalue weighted by Gasteiger charge is -2.26. The van der Waals surface area contributed by atoms with Crippen LogP contribution in [0.4, 0.5) is 5.69 Å². The number of carbonyl (C=O) groups is 1. The van der Waals surface area contributed by atoms with Gasteiger partial charge < -0.3 is 10.5 Å². The van der Waals surface area contributed by atoms with Crippen LogP contribution in [0.25, 0.3) is 0 Å². The Morgan fingerprint density at radius 3 is 2.53 bits per heavy atom. The van der Waals surface area contributed by atoms with Crippen molar-refractivity contribution in [3.63, 3.8) is 0 Å². The van der Waals surface area contributed by atoms with E-state index in [-0.39, 0.29) is 12.1 Å². The number of hydrogen-bond donors (Lipinski definition) is 1. The number of rotatable bonds is 2. The second kappa shape index (κ2) is 5.21. The Hall–Kier alpha value is -1.51. The van der Waals surface area contributed by atoms with Gasteiger partial charge in [-0.2, -0.15) is 0 Å². The summed E-state index contributed by atoms with van der Waals surface area (Å²) in [5, 5.41) is 0. The van der Waals surface area contributed by atoms with Crippen molar-refractivity contribution in [1.29, 1.82) is 0 Å². The average molecular weight is 233 g/mol. The molecule has 1 aromatic rings. The number of hydrogen-bond acceptors (Lipinski definition) is 3. The molecule has 3 heteroatoms. The Labute approximate surface area is 102 Å². The van der Waals surface area contributed by atoms with Gasteiger partial charge in [0.15, 0.2) is 0 Å². The largest absolute Gasteiger partial charge is 0.459 e. The molecule has 0 saturated heterocycles. The van der Waals surface area contributed by atoms with Crippen molar-refractivity contribution < 1.29 is 9.53 Å². The maximum Gasteiger partial charge on any atom is 0.340 e. The van der Waals surface area contributed by atoms with E-state index < -0.39 is 0 Å². The number of carbonyl (C=O) groups excluding carboxylic acids is 1. The molecule has 1 fully saturated rings. The first-order valence-electron chi connectivity index (χ1n) is 6.22. The molecule has 17 heavy (non-hydrogen) atoms. The standard InChI is InChI=1S/C14H19NO2/c1-10-6-8-11(9-7-10)17-14(16)12-4-2-3-5-13(12)15/h2-5,10-11H,6-9,15H2,1H3. The molecule has 2 rings (SSSR count). The average Bonchev–Trinajstić information content (AvgIpc) is 2.32. The number of para-hydroxylation sites is 1. The summed E-state index contributed by atoms with van der Waals surface area (Å²) in [4.78, 5) is 11.9. The van der Waals surface area contributed by atoms with Crippen LogP contribution in [-0.2, 0) is 4.74 Å². The molecule has 0 aliphatic heterocycles. The van der Waals surface area contributed by atoms with E-state index in [4.69, 9.17) is 10.5 Å². The SMILES string of the molecule is CC1CCC(OC(=O)c2ccccc2N)CC1. The molecule has 92 valence electrons. The zero-order valence-electron chi connectivity index (χ0n) is 10.2. The third-order valence-electron chi connectivity index (χ3n) is 3.42. The molecule has 0 atom stereocenters. The minimum Gasteiger partial charge on any atom is -0.459 e. The maximum atomic E-state index is 11.9. The monoisotopic (exact) mass is 233 g/mol. The summed E-state index contributed by atoms with van der Waals surface area (Å²) >= 11 is 0. The van der Waals surface area contributed by atoms with Gasteiger partial charge >= 0.3 is 5.97 Å². The van der Waals surface area contributed by atoms with E-state index in [0.29, 0.717) is 11.3 Å². The molecule has 1 aliphatic rings. The van der Waals surface area contributed by atoms with Gasteiger partial charge in [0.05, 0.1) is 5.56 Å². The fourth-order valence-electron chi connectivity index (χ4n) is 2.25. The van der Waals surface area contributed by atoms with Gasteiger partial charge in [0.2, 0.25) is 0 Å². The number of benzene rings is 1. The van der Waals surface area contributed by atoms with Crippen molar-refractivity contribution in [2.24, 2.45) is 5.92 Å². The van der Waals surface area contributed by atoms with Gasteiger partial charge in [-0.05, 0) is 43.7 Å². The fraction of sp³-hybridized carbons (Fsp3) is 0.500.